The molecule has 4 aliphatic rings. The van der Waals surface area contributed by atoms with Gasteiger partial charge in [-0.2, -0.15) is 0 Å². The Bertz CT molecular complexity index is 1340. The predicted octanol–water partition coefficient (Wildman–Crippen LogP) is 8.01. The lowest BCUT2D eigenvalue weighted by Crippen LogP contribution is -2.66. The average molecular weight is 511 g/mol. The standard InChI is InChI=1S/C35H42O3/c1-19-8-27(9-20(2)30(19)36)33-14-26-15-34(17-33,28-10-21(3)31(37)22(4)11-28)25(7)35(16-26,18-33)29-12-23(5)32(38)24(6)13-29/h8-13,25-26,36-38H,14-18H2,1-7H3. The van der Waals surface area contributed by atoms with Gasteiger partial charge in [0, 0.05) is 0 Å². The first-order chi connectivity index (χ1) is 17.8. The van der Waals surface area contributed by atoms with E-state index >= 15 is 0 Å². The van der Waals surface area contributed by atoms with Crippen LogP contribution in [0.4, 0.5) is 0 Å². The molecule has 0 aromatic heterocycles. The number of aromatic hydroxyl groups is 3. The molecule has 0 radical (unpaired) electrons. The van der Waals surface area contributed by atoms with Crippen molar-refractivity contribution in [3.63, 3.8) is 0 Å². The third-order valence-corrected chi connectivity index (χ3v) is 11.2. The van der Waals surface area contributed by atoms with Crippen LogP contribution in [0.15, 0.2) is 36.4 Å². The molecule has 3 aromatic carbocycles. The van der Waals surface area contributed by atoms with Crippen LogP contribution in [0.25, 0.3) is 0 Å². The molecule has 7 rings (SSSR count). The lowest BCUT2D eigenvalue weighted by atomic mass is 9.33. The van der Waals surface area contributed by atoms with Crippen molar-refractivity contribution in [2.45, 2.75) is 96.8 Å². The third-order valence-electron chi connectivity index (χ3n) is 11.2. The van der Waals surface area contributed by atoms with Gasteiger partial charge in [0.15, 0.2) is 0 Å². The maximum Gasteiger partial charge on any atom is 0.121 e. The quantitative estimate of drug-likeness (QED) is 0.334. The van der Waals surface area contributed by atoms with Crippen LogP contribution in [0.3, 0.4) is 0 Å². The summed E-state index contributed by atoms with van der Waals surface area (Å²) in [4.78, 5) is 0. The lowest BCUT2D eigenvalue weighted by Gasteiger charge is -2.71. The van der Waals surface area contributed by atoms with Gasteiger partial charge in [0.05, 0.1) is 0 Å². The number of hydrogen-bond donors (Lipinski definition) is 3. The summed E-state index contributed by atoms with van der Waals surface area (Å²) in [5.74, 6) is 2.22. The summed E-state index contributed by atoms with van der Waals surface area (Å²) in [5.41, 5.74) is 9.84. The monoisotopic (exact) mass is 510 g/mol. The van der Waals surface area contributed by atoms with E-state index in [-0.39, 0.29) is 16.2 Å². The Hall–Kier alpha value is -2.94. The zero-order valence-corrected chi connectivity index (χ0v) is 24.0. The topological polar surface area (TPSA) is 60.7 Å². The van der Waals surface area contributed by atoms with Gasteiger partial charge in [-0.05, 0) is 152 Å². The van der Waals surface area contributed by atoms with Crippen molar-refractivity contribution in [1.29, 1.82) is 0 Å². The van der Waals surface area contributed by atoms with E-state index < -0.39 is 0 Å². The first kappa shape index (κ1) is 25.3. The molecule has 3 N–H and O–H groups in total. The predicted molar refractivity (Wildman–Crippen MR) is 154 cm³/mol. The Morgan fingerprint density at radius 2 is 0.842 bits per heavy atom. The minimum Gasteiger partial charge on any atom is -0.507 e. The molecule has 4 bridgehead atoms. The van der Waals surface area contributed by atoms with Gasteiger partial charge >= 0.3 is 0 Å². The number of phenols is 3. The van der Waals surface area contributed by atoms with Crippen LogP contribution < -0.4 is 0 Å². The van der Waals surface area contributed by atoms with Gasteiger partial charge in [-0.25, -0.2) is 0 Å². The highest BCUT2D eigenvalue weighted by atomic mass is 16.3. The van der Waals surface area contributed by atoms with Gasteiger partial charge in [-0.15, -0.1) is 0 Å². The summed E-state index contributed by atoms with van der Waals surface area (Å²) >= 11 is 0. The summed E-state index contributed by atoms with van der Waals surface area (Å²) in [6.45, 7) is 14.7. The molecule has 0 aliphatic heterocycles. The smallest absolute Gasteiger partial charge is 0.121 e. The molecule has 3 heteroatoms. The van der Waals surface area contributed by atoms with E-state index in [1.165, 1.54) is 36.0 Å². The van der Waals surface area contributed by atoms with Crippen molar-refractivity contribution in [3.8, 4) is 17.2 Å². The molecule has 200 valence electrons. The Balaban J connectivity index is 1.64. The van der Waals surface area contributed by atoms with Gasteiger partial charge in [0.1, 0.15) is 17.2 Å². The molecule has 3 nitrogen and oxygen atoms in total. The van der Waals surface area contributed by atoms with E-state index in [1.807, 2.05) is 41.5 Å². The summed E-state index contributed by atoms with van der Waals surface area (Å²) in [5, 5.41) is 32.0. The minimum atomic E-state index is -0.0119. The normalized spacial score (nSPS) is 31.7. The first-order valence-electron chi connectivity index (χ1n) is 14.2. The first-order valence-corrected chi connectivity index (χ1v) is 14.2. The molecule has 2 unspecified atom stereocenters. The molecule has 0 heterocycles. The highest BCUT2D eigenvalue weighted by molar-refractivity contribution is 5.54. The van der Waals surface area contributed by atoms with Crippen LogP contribution in [0.2, 0.25) is 0 Å². The Labute approximate surface area is 227 Å². The van der Waals surface area contributed by atoms with Gasteiger partial charge in [-0.1, -0.05) is 43.3 Å². The highest BCUT2D eigenvalue weighted by Gasteiger charge is 2.68. The fraction of sp³-hybridized carbons (Fsp3) is 0.486. The second-order valence-corrected chi connectivity index (χ2v) is 13.5. The van der Waals surface area contributed by atoms with Crippen LogP contribution in [-0.2, 0) is 16.2 Å². The van der Waals surface area contributed by atoms with E-state index in [0.29, 0.717) is 29.1 Å². The van der Waals surface area contributed by atoms with E-state index in [1.54, 1.807) is 0 Å². The molecule has 4 fully saturated rings. The van der Waals surface area contributed by atoms with Crippen LogP contribution in [0.5, 0.6) is 17.2 Å². The Morgan fingerprint density at radius 3 is 1.18 bits per heavy atom. The Kier molecular flexibility index (Phi) is 5.36. The molecule has 0 spiro atoms. The Morgan fingerprint density at radius 1 is 0.526 bits per heavy atom. The summed E-state index contributed by atoms with van der Waals surface area (Å²) in [7, 11) is 0. The van der Waals surface area contributed by atoms with Crippen molar-refractivity contribution >= 4 is 0 Å². The summed E-state index contributed by atoms with van der Waals surface area (Å²) in [6.07, 6.45) is 5.70. The third kappa shape index (κ3) is 3.26. The minimum absolute atomic E-state index is 0.0102. The van der Waals surface area contributed by atoms with Gasteiger partial charge in [0.25, 0.3) is 0 Å². The summed E-state index contributed by atoms with van der Waals surface area (Å²) in [6, 6.07) is 13.5. The van der Waals surface area contributed by atoms with Crippen LogP contribution >= 0.6 is 0 Å². The van der Waals surface area contributed by atoms with Crippen LogP contribution in [0.1, 0.15) is 89.1 Å². The maximum atomic E-state index is 10.7. The lowest BCUT2D eigenvalue weighted by molar-refractivity contribution is -0.0947. The number of hydrogen-bond acceptors (Lipinski definition) is 3. The molecular formula is C35H42O3. The van der Waals surface area contributed by atoms with Crippen molar-refractivity contribution in [3.05, 3.63) is 86.5 Å². The zero-order chi connectivity index (χ0) is 27.4. The maximum absolute atomic E-state index is 10.7. The van der Waals surface area contributed by atoms with Gasteiger partial charge in [0.2, 0.25) is 0 Å². The van der Waals surface area contributed by atoms with E-state index in [0.717, 1.165) is 46.2 Å². The van der Waals surface area contributed by atoms with Gasteiger partial charge in [-0.3, -0.25) is 0 Å². The van der Waals surface area contributed by atoms with Crippen LogP contribution in [-0.4, -0.2) is 15.3 Å². The second kappa shape index (κ2) is 8.04. The molecule has 2 atom stereocenters. The average Bonchev–Trinajstić information content (AvgIpc) is 2.86. The van der Waals surface area contributed by atoms with E-state index in [4.69, 9.17) is 0 Å². The number of rotatable bonds is 3. The molecule has 4 saturated carbocycles. The number of phenolic OH excluding ortho intramolecular Hbond substituents is 3. The fourth-order valence-corrected chi connectivity index (χ4v) is 9.56. The van der Waals surface area contributed by atoms with Gasteiger partial charge < -0.3 is 15.3 Å². The number of aryl methyl sites for hydroxylation is 6. The molecule has 0 saturated heterocycles. The van der Waals surface area contributed by atoms with Crippen molar-refractivity contribution < 1.29 is 15.3 Å². The SMILES string of the molecule is Cc1cc(C23CC4CC(c5cc(C)c(O)c(C)c5)(C2)C(C)C(c2cc(C)c(O)c(C)c2)(C4)C3)cc(C)c1O. The molecule has 3 aromatic rings. The van der Waals surface area contributed by atoms with E-state index in [2.05, 4.69) is 43.3 Å². The molecule has 0 amide bonds. The number of benzene rings is 3. The fourth-order valence-electron chi connectivity index (χ4n) is 9.56. The largest absolute Gasteiger partial charge is 0.507 e. The summed E-state index contributed by atoms with van der Waals surface area (Å²) < 4.78 is 0. The molecule has 4 aliphatic carbocycles. The second-order valence-electron chi connectivity index (χ2n) is 13.5. The highest BCUT2D eigenvalue weighted by Crippen LogP contribution is 2.73. The van der Waals surface area contributed by atoms with Crippen molar-refractivity contribution in [2.75, 3.05) is 0 Å². The zero-order valence-electron chi connectivity index (χ0n) is 24.0. The van der Waals surface area contributed by atoms with E-state index in [9.17, 15) is 15.3 Å². The van der Waals surface area contributed by atoms with Crippen LogP contribution in [0, 0.1) is 53.4 Å². The molecule has 38 heavy (non-hydrogen) atoms. The molecular weight excluding hydrogens is 468 g/mol. The van der Waals surface area contributed by atoms with Crippen molar-refractivity contribution in [2.24, 2.45) is 11.8 Å². The van der Waals surface area contributed by atoms with Crippen molar-refractivity contribution in [1.82, 2.24) is 0 Å².